The first-order valence-corrected chi connectivity index (χ1v) is 18.0. The molecule has 0 amide bonds. The van der Waals surface area contributed by atoms with Crippen LogP contribution in [-0.2, 0) is 12.8 Å². The number of aryl methyl sites for hydroxylation is 2. The van der Waals surface area contributed by atoms with Crippen molar-refractivity contribution in [1.82, 2.24) is 19.7 Å². The molecule has 1 aliphatic rings. The standard InChI is InChI=1S/C31H30N4O4.C12H16/c1-5-28-27(30(36)35(20(4)32-28)23-14-16-24(17-15-23)38-19(2)3)18-21-10-12-22(13-11-21)25-8-6-7-9-26(25)29-33-31(37)39-34-29;1-3-7-11(8-4-1)12-9-5-2-6-10-12/h6-17,19H,5,18H2,1-4H3,(H,33,34,37);1,3-4,7-8,12H,2,5-6,9-10H2. The lowest BCUT2D eigenvalue weighted by molar-refractivity contribution is 0.242. The molecule has 1 aliphatic carbocycles. The molecule has 0 aliphatic heterocycles. The van der Waals surface area contributed by atoms with Gasteiger partial charge in [-0.05, 0) is 92.5 Å². The van der Waals surface area contributed by atoms with E-state index < -0.39 is 5.76 Å². The van der Waals surface area contributed by atoms with E-state index in [9.17, 15) is 9.59 Å². The molecular formula is C43H46N4O4. The number of rotatable bonds is 9. The Morgan fingerprint density at radius 2 is 1.51 bits per heavy atom. The number of hydrogen-bond acceptors (Lipinski definition) is 6. The molecule has 0 bridgehead atoms. The fourth-order valence-electron chi connectivity index (χ4n) is 6.89. The second-order valence-corrected chi connectivity index (χ2v) is 13.3. The van der Waals surface area contributed by atoms with Gasteiger partial charge >= 0.3 is 5.76 Å². The van der Waals surface area contributed by atoms with Gasteiger partial charge in [-0.15, -0.1) is 0 Å². The van der Waals surface area contributed by atoms with E-state index in [1.807, 2.05) is 100 Å². The summed E-state index contributed by atoms with van der Waals surface area (Å²) in [5.41, 5.74) is 7.35. The minimum Gasteiger partial charge on any atom is -0.491 e. The summed E-state index contributed by atoms with van der Waals surface area (Å²) in [5.74, 6) is 2.05. The van der Waals surface area contributed by atoms with Crippen LogP contribution in [0.5, 0.6) is 5.75 Å². The van der Waals surface area contributed by atoms with Gasteiger partial charge in [0.25, 0.3) is 5.56 Å². The Kier molecular flexibility index (Phi) is 11.4. The highest BCUT2D eigenvalue weighted by atomic mass is 16.5. The van der Waals surface area contributed by atoms with Crippen molar-refractivity contribution in [2.45, 2.75) is 84.7 Å². The summed E-state index contributed by atoms with van der Waals surface area (Å²) in [4.78, 5) is 32.7. The first-order chi connectivity index (χ1) is 24.8. The number of benzene rings is 4. The summed E-state index contributed by atoms with van der Waals surface area (Å²) in [6.45, 7) is 7.83. The number of hydrogen-bond donors (Lipinski definition) is 1. The maximum atomic E-state index is 13.8. The van der Waals surface area contributed by atoms with Gasteiger partial charge in [0.2, 0.25) is 0 Å². The van der Waals surface area contributed by atoms with Gasteiger partial charge < -0.3 is 4.74 Å². The van der Waals surface area contributed by atoms with Gasteiger partial charge in [0.15, 0.2) is 5.82 Å². The number of ether oxygens (including phenoxy) is 1. The molecule has 8 nitrogen and oxygen atoms in total. The molecule has 0 spiro atoms. The quantitative estimate of drug-likeness (QED) is 0.163. The average molecular weight is 683 g/mol. The van der Waals surface area contributed by atoms with Crippen molar-refractivity contribution >= 4 is 0 Å². The van der Waals surface area contributed by atoms with Crippen LogP contribution in [-0.4, -0.2) is 25.8 Å². The minimum atomic E-state index is -0.598. The van der Waals surface area contributed by atoms with Crippen molar-refractivity contribution in [2.24, 2.45) is 0 Å². The van der Waals surface area contributed by atoms with E-state index >= 15 is 0 Å². The van der Waals surface area contributed by atoms with E-state index in [4.69, 9.17) is 14.2 Å². The third-order valence-corrected chi connectivity index (χ3v) is 9.38. The van der Waals surface area contributed by atoms with Gasteiger partial charge in [0.1, 0.15) is 11.6 Å². The predicted molar refractivity (Wildman–Crippen MR) is 203 cm³/mol. The molecule has 1 fully saturated rings. The zero-order valence-electron chi connectivity index (χ0n) is 29.9. The van der Waals surface area contributed by atoms with Crippen LogP contribution in [0.15, 0.2) is 117 Å². The van der Waals surface area contributed by atoms with Crippen molar-refractivity contribution in [3.63, 3.8) is 0 Å². The fourth-order valence-corrected chi connectivity index (χ4v) is 6.89. The second kappa shape index (κ2) is 16.5. The summed E-state index contributed by atoms with van der Waals surface area (Å²) in [5, 5.41) is 3.84. The number of aromatic nitrogens is 4. The van der Waals surface area contributed by atoms with E-state index in [0.29, 0.717) is 30.1 Å². The van der Waals surface area contributed by atoms with E-state index in [1.165, 1.54) is 32.1 Å². The van der Waals surface area contributed by atoms with Crippen molar-refractivity contribution in [3.05, 3.63) is 152 Å². The van der Waals surface area contributed by atoms with Crippen LogP contribution in [0.2, 0.25) is 0 Å². The van der Waals surface area contributed by atoms with Crippen molar-refractivity contribution in [2.75, 3.05) is 0 Å². The number of nitrogens with one attached hydrogen (secondary N) is 1. The first kappa shape index (κ1) is 35.3. The van der Waals surface area contributed by atoms with Gasteiger partial charge in [0.05, 0.1) is 17.5 Å². The zero-order valence-corrected chi connectivity index (χ0v) is 29.9. The molecule has 2 aromatic heterocycles. The molecule has 4 aromatic carbocycles. The molecule has 0 unspecified atom stereocenters. The Morgan fingerprint density at radius 1 is 0.843 bits per heavy atom. The lowest BCUT2D eigenvalue weighted by Crippen LogP contribution is -2.28. The molecule has 0 atom stereocenters. The Labute approximate surface area is 299 Å². The summed E-state index contributed by atoms with van der Waals surface area (Å²) in [6, 6.07) is 34.2. The maximum absolute atomic E-state index is 13.8. The Balaban J connectivity index is 0.000000313. The molecule has 51 heavy (non-hydrogen) atoms. The zero-order chi connectivity index (χ0) is 35.7. The molecule has 2 heterocycles. The number of H-pyrrole nitrogens is 1. The van der Waals surface area contributed by atoms with E-state index in [0.717, 1.165) is 45.3 Å². The van der Waals surface area contributed by atoms with Crippen LogP contribution in [0.1, 0.15) is 87.0 Å². The number of aromatic amines is 1. The maximum Gasteiger partial charge on any atom is 0.439 e. The van der Waals surface area contributed by atoms with Gasteiger partial charge in [-0.2, -0.15) is 0 Å². The van der Waals surface area contributed by atoms with Crippen LogP contribution in [0.25, 0.3) is 28.2 Å². The van der Waals surface area contributed by atoms with Crippen molar-refractivity contribution in [1.29, 1.82) is 0 Å². The third kappa shape index (κ3) is 8.63. The molecule has 0 saturated heterocycles. The van der Waals surface area contributed by atoms with Crippen LogP contribution < -0.4 is 16.1 Å². The van der Waals surface area contributed by atoms with E-state index in [1.54, 1.807) is 10.1 Å². The van der Waals surface area contributed by atoms with Gasteiger partial charge in [0, 0.05) is 17.5 Å². The van der Waals surface area contributed by atoms with Crippen LogP contribution in [0, 0.1) is 6.92 Å². The van der Waals surface area contributed by atoms with Crippen LogP contribution in [0.3, 0.4) is 0 Å². The Hall–Kier alpha value is -5.50. The highest BCUT2D eigenvalue weighted by Crippen LogP contribution is 2.32. The first-order valence-electron chi connectivity index (χ1n) is 18.0. The predicted octanol–water partition coefficient (Wildman–Crippen LogP) is 9.23. The van der Waals surface area contributed by atoms with Crippen molar-refractivity contribution < 1.29 is 9.26 Å². The largest absolute Gasteiger partial charge is 0.491 e. The highest BCUT2D eigenvalue weighted by molar-refractivity contribution is 5.80. The topological polar surface area (TPSA) is 103 Å². The summed E-state index contributed by atoms with van der Waals surface area (Å²) >= 11 is 0. The molecule has 1 saturated carbocycles. The lowest BCUT2D eigenvalue weighted by Gasteiger charge is -2.21. The molecule has 262 valence electrons. The van der Waals surface area contributed by atoms with E-state index in [2.05, 4.69) is 40.5 Å². The smallest absolute Gasteiger partial charge is 0.439 e. The third-order valence-electron chi connectivity index (χ3n) is 9.38. The van der Waals surface area contributed by atoms with Crippen LogP contribution in [0.4, 0.5) is 0 Å². The SMILES string of the molecule is CCc1nc(C)n(-c2ccc(OC(C)C)cc2)c(=O)c1Cc1ccc(-c2ccccc2-c2noc(=O)[nH]2)cc1.c1ccc(C2CCCCC2)cc1. The monoisotopic (exact) mass is 682 g/mol. The highest BCUT2D eigenvalue weighted by Gasteiger charge is 2.17. The van der Waals surface area contributed by atoms with Crippen molar-refractivity contribution in [3.8, 4) is 34.0 Å². The fraction of sp³-hybridized carbons (Fsp3) is 0.302. The van der Waals surface area contributed by atoms with Gasteiger partial charge in [-0.1, -0.05) is 110 Å². The molecule has 0 radical (unpaired) electrons. The second-order valence-electron chi connectivity index (χ2n) is 13.3. The van der Waals surface area contributed by atoms with Gasteiger partial charge in [-0.25, -0.2) is 9.78 Å². The van der Waals surface area contributed by atoms with Crippen LogP contribution >= 0.6 is 0 Å². The summed E-state index contributed by atoms with van der Waals surface area (Å²) < 4.78 is 12.1. The van der Waals surface area contributed by atoms with Gasteiger partial charge in [-0.3, -0.25) is 18.9 Å². The molecule has 8 heteroatoms. The molecule has 6 aromatic rings. The van der Waals surface area contributed by atoms with E-state index in [-0.39, 0.29) is 11.7 Å². The average Bonchev–Trinajstić information content (AvgIpc) is 3.60. The Morgan fingerprint density at radius 3 is 2.14 bits per heavy atom. The minimum absolute atomic E-state index is 0.0683. The normalized spacial score (nSPS) is 13.1. The molecular weight excluding hydrogens is 636 g/mol. The lowest BCUT2D eigenvalue weighted by atomic mass is 9.84. The number of nitrogens with zero attached hydrogens (tertiary/aromatic N) is 3. The molecule has 7 rings (SSSR count). The summed E-state index contributed by atoms with van der Waals surface area (Å²) in [6.07, 6.45) is 8.32. The Bertz CT molecular complexity index is 2140. The summed E-state index contributed by atoms with van der Waals surface area (Å²) in [7, 11) is 0. The molecule has 1 N–H and O–H groups in total.